The number of aromatic nitrogens is 6. The van der Waals surface area contributed by atoms with Crippen LogP contribution in [0.5, 0.6) is 11.5 Å². The zero-order valence-electron chi connectivity index (χ0n) is 39.6. The normalized spacial score (nSPS) is 12.6. The summed E-state index contributed by atoms with van der Waals surface area (Å²) in [5.74, 6) is -3.90. The Bertz CT molecular complexity index is 3070. The number of carbonyl (C=O) groups excluding carboxylic acids is 1. The van der Waals surface area contributed by atoms with Gasteiger partial charge in [-0.15, -0.1) is 10.2 Å². The maximum atomic E-state index is 14.2. The molecule has 0 saturated heterocycles. The third-order valence-electron chi connectivity index (χ3n) is 12.8. The van der Waals surface area contributed by atoms with Gasteiger partial charge in [-0.25, -0.2) is 14.2 Å². The zero-order valence-corrected chi connectivity index (χ0v) is 39.6. The summed E-state index contributed by atoms with van der Waals surface area (Å²) in [6, 6.07) is 43.8. The van der Waals surface area contributed by atoms with Gasteiger partial charge < -0.3 is 29.2 Å². The number of aliphatic carboxylic acids is 2. The molecule has 0 aliphatic carbocycles. The van der Waals surface area contributed by atoms with Crippen molar-refractivity contribution in [1.29, 1.82) is 0 Å². The molecule has 17 nitrogen and oxygen atoms in total. The van der Waals surface area contributed by atoms with E-state index >= 15 is 0 Å². The summed E-state index contributed by atoms with van der Waals surface area (Å²) in [5, 5.41) is 38.4. The number of fused-ring (bicyclic) bond motifs is 2. The zero-order chi connectivity index (χ0) is 50.6. The molecule has 4 atom stereocenters. The number of hydrogen-bond donors (Lipinski definition) is 2. The third-order valence-corrected chi connectivity index (χ3v) is 12.8. The molecule has 74 heavy (non-hydrogen) atoms. The van der Waals surface area contributed by atoms with Crippen molar-refractivity contribution >= 4 is 143 Å². The molecule has 2 N–H and O–H groups in total. The molecule has 19 heteroatoms. The van der Waals surface area contributed by atoms with Gasteiger partial charge in [0.2, 0.25) is 0 Å². The van der Waals surface area contributed by atoms with Crippen LogP contribution in [0.1, 0.15) is 36.8 Å². The Morgan fingerprint density at radius 1 is 0.486 bits per heavy atom. The summed E-state index contributed by atoms with van der Waals surface area (Å²) < 4.78 is 24.7. The molecule has 0 saturated carbocycles. The first-order valence-corrected chi connectivity index (χ1v) is 23.4. The number of hydrogen-bond acceptors (Lipinski definition) is 13. The van der Waals surface area contributed by atoms with E-state index in [1.54, 1.807) is 62.8 Å². The van der Waals surface area contributed by atoms with Crippen LogP contribution in [0.3, 0.4) is 0 Å². The SMILES string of the molecule is COc1ccc(-c2ccc(CC[C@H](OC(=O)O[C@@H](CCc3ccc(-c4ccc(OC)cc4)cc3)[C@H](CCn3nnc4ccccc4c3=O)C(=O)O)[C@H](CCn3nnc4ccccc4c3=O)C(=O)O)cc2)cc1.[KH].[KH]. The second-order valence-corrected chi connectivity index (χ2v) is 17.2. The summed E-state index contributed by atoms with van der Waals surface area (Å²) >= 11 is 0. The Morgan fingerprint density at radius 3 is 1.16 bits per heavy atom. The van der Waals surface area contributed by atoms with Gasteiger partial charge >= 0.3 is 121 Å². The van der Waals surface area contributed by atoms with Crippen LogP contribution in [0.4, 0.5) is 4.79 Å². The van der Waals surface area contributed by atoms with E-state index in [-0.39, 0.29) is 154 Å². The van der Waals surface area contributed by atoms with Crippen molar-refractivity contribution in [2.45, 2.75) is 63.8 Å². The predicted octanol–water partition coefficient (Wildman–Crippen LogP) is 6.99. The monoisotopic (exact) mass is 1050 g/mol. The summed E-state index contributed by atoms with van der Waals surface area (Å²) in [7, 11) is 3.19. The Balaban J connectivity index is 0.00000446. The molecule has 0 bridgehead atoms. The van der Waals surface area contributed by atoms with Crippen LogP contribution >= 0.6 is 0 Å². The molecule has 0 radical (unpaired) electrons. The van der Waals surface area contributed by atoms with Crippen LogP contribution in [-0.2, 0) is 45.0 Å². The minimum atomic E-state index is -1.37. The Kier molecular flexibility index (Phi) is 21.8. The van der Waals surface area contributed by atoms with Crippen LogP contribution in [0.2, 0.25) is 0 Å². The number of rotatable bonds is 22. The van der Waals surface area contributed by atoms with Crippen molar-refractivity contribution in [3.8, 4) is 33.8 Å². The van der Waals surface area contributed by atoms with Crippen molar-refractivity contribution in [3.05, 3.63) is 177 Å². The van der Waals surface area contributed by atoms with E-state index in [0.29, 0.717) is 21.8 Å². The van der Waals surface area contributed by atoms with Gasteiger partial charge in [0.05, 0.1) is 36.8 Å². The molecule has 0 fully saturated rings. The predicted molar refractivity (Wildman–Crippen MR) is 282 cm³/mol. The van der Waals surface area contributed by atoms with Gasteiger partial charge in [-0.1, -0.05) is 107 Å². The van der Waals surface area contributed by atoms with Crippen LogP contribution in [0.25, 0.3) is 44.1 Å². The van der Waals surface area contributed by atoms with E-state index in [4.69, 9.17) is 18.9 Å². The molecule has 0 amide bonds. The fourth-order valence-corrected chi connectivity index (χ4v) is 8.67. The fourth-order valence-electron chi connectivity index (χ4n) is 8.67. The quantitative estimate of drug-likeness (QED) is 0.0516. The molecule has 0 unspecified atom stereocenters. The first-order chi connectivity index (χ1) is 35.0. The summed E-state index contributed by atoms with van der Waals surface area (Å²) in [4.78, 5) is 67.3. The molecular weight excluding hydrogens is 999 g/mol. The van der Waals surface area contributed by atoms with Gasteiger partial charge in [0.25, 0.3) is 11.1 Å². The Hall–Kier alpha value is -5.46. The number of carbonyl (C=O) groups is 3. The van der Waals surface area contributed by atoms with Crippen LogP contribution in [-0.4, -0.2) is 187 Å². The van der Waals surface area contributed by atoms with Gasteiger partial charge in [-0.05, 0) is 120 Å². The van der Waals surface area contributed by atoms with Crippen LogP contribution < -0.4 is 20.6 Å². The molecule has 8 rings (SSSR count). The van der Waals surface area contributed by atoms with Gasteiger partial charge in [0, 0.05) is 13.1 Å². The standard InChI is InChI=1S/C55H52N6O11.2K.2H/c1-69-41-25-21-39(22-26-41)37-17-11-35(12-18-37)15-29-49(45(53(64)65)31-33-60-51(62)43-7-3-5-9-47(43)56-58-60)71-55(68)72-50(30-16-36-13-19-38(20-14-36)40-23-27-42(70-2)28-24-40)46(54(66)67)32-34-61-52(63)44-8-4-6-10-48(44)57-59-61;;;;/h3-14,17-28,45-46,49-50H,15-16,29-34H2,1-2H3,(H,64,65)(H,66,67);;;;/t45-,46-,49-,50-;;;;/m0..../s1. The van der Waals surface area contributed by atoms with E-state index in [9.17, 15) is 34.2 Å². The first-order valence-electron chi connectivity index (χ1n) is 23.4. The van der Waals surface area contributed by atoms with E-state index < -0.39 is 53.3 Å². The maximum absolute atomic E-state index is 14.2. The average Bonchev–Trinajstić information content (AvgIpc) is 3.41. The van der Waals surface area contributed by atoms with E-state index in [0.717, 1.165) is 54.2 Å². The minimum absolute atomic E-state index is 0. The molecule has 8 aromatic rings. The summed E-state index contributed by atoms with van der Waals surface area (Å²) in [5.41, 5.74) is 5.28. The molecule has 0 aliphatic heterocycles. The second kappa shape index (κ2) is 27.9. The number of aryl methyl sites for hydroxylation is 4. The number of benzene rings is 6. The van der Waals surface area contributed by atoms with Crippen LogP contribution in [0.15, 0.2) is 155 Å². The first kappa shape index (κ1) is 57.8. The molecule has 372 valence electrons. The van der Waals surface area contributed by atoms with Crippen molar-refractivity contribution < 1.29 is 43.5 Å². The van der Waals surface area contributed by atoms with Crippen molar-refractivity contribution in [2.24, 2.45) is 11.8 Å². The van der Waals surface area contributed by atoms with Gasteiger partial charge in [-0.2, -0.15) is 0 Å². The topological polar surface area (TPSA) is 224 Å². The Labute approximate surface area is 511 Å². The molecule has 0 spiro atoms. The number of carboxylic acids is 2. The molecular formula is C55H54K2N6O11. The number of methoxy groups -OCH3 is 2. The molecule has 2 aromatic heterocycles. The number of ether oxygens (including phenoxy) is 4. The van der Waals surface area contributed by atoms with Gasteiger partial charge in [-0.3, -0.25) is 19.2 Å². The summed E-state index contributed by atoms with van der Waals surface area (Å²) in [6.07, 6.45) is -3.71. The number of carboxylic acid groups (broad SMARTS) is 2. The van der Waals surface area contributed by atoms with Crippen molar-refractivity contribution in [1.82, 2.24) is 30.0 Å². The van der Waals surface area contributed by atoms with Crippen molar-refractivity contribution in [2.75, 3.05) is 14.2 Å². The number of nitrogens with zero attached hydrogens (tertiary/aromatic N) is 6. The average molecular weight is 1050 g/mol. The van der Waals surface area contributed by atoms with E-state index in [2.05, 4.69) is 20.6 Å². The fraction of sp³-hybridized carbons (Fsp3) is 0.255. The van der Waals surface area contributed by atoms with Gasteiger partial charge in [0.1, 0.15) is 34.7 Å². The molecule has 0 aliphatic rings. The molecule has 2 heterocycles. The van der Waals surface area contributed by atoms with Gasteiger partial charge in [0.15, 0.2) is 0 Å². The van der Waals surface area contributed by atoms with E-state index in [1.807, 2.05) is 97.1 Å². The van der Waals surface area contributed by atoms with Crippen LogP contribution in [0, 0.1) is 11.8 Å². The van der Waals surface area contributed by atoms with Crippen molar-refractivity contribution in [3.63, 3.8) is 0 Å². The second-order valence-electron chi connectivity index (χ2n) is 17.2. The van der Waals surface area contributed by atoms with E-state index in [1.165, 1.54) is 0 Å². The summed E-state index contributed by atoms with van der Waals surface area (Å²) in [6.45, 7) is -0.339. The third kappa shape index (κ3) is 14.9. The Morgan fingerprint density at radius 2 is 0.824 bits per heavy atom. The molecule has 6 aromatic carbocycles.